The van der Waals surface area contributed by atoms with Crippen molar-refractivity contribution >= 4 is 22.6 Å². The van der Waals surface area contributed by atoms with Gasteiger partial charge in [0.25, 0.3) is 0 Å². The highest BCUT2D eigenvalue weighted by Gasteiger charge is 1.95. The lowest BCUT2D eigenvalue weighted by molar-refractivity contribution is 0.894. The number of hydrogen-bond acceptors (Lipinski definition) is 0. The van der Waals surface area contributed by atoms with Gasteiger partial charge >= 0.3 is 0 Å². The summed E-state index contributed by atoms with van der Waals surface area (Å²) in [7, 11) is 0. The van der Waals surface area contributed by atoms with Crippen molar-refractivity contribution in [2.45, 2.75) is 13.8 Å². The monoisotopic (exact) mass is 248 g/mol. The molecule has 0 aromatic carbocycles. The summed E-state index contributed by atoms with van der Waals surface area (Å²) < 4.78 is 1.99. The van der Waals surface area contributed by atoms with Crippen LogP contribution in [-0.4, -0.2) is 0 Å². The van der Waals surface area contributed by atoms with Gasteiger partial charge in [-0.2, -0.15) is 0 Å². The SMILES string of the molecule is C=C(/C=C\I)C(C)/C=C/C. The van der Waals surface area contributed by atoms with E-state index in [0.29, 0.717) is 5.92 Å². The Morgan fingerprint density at radius 1 is 1.60 bits per heavy atom. The van der Waals surface area contributed by atoms with Crippen molar-refractivity contribution in [3.63, 3.8) is 0 Å². The summed E-state index contributed by atoms with van der Waals surface area (Å²) in [4.78, 5) is 0. The first-order valence-corrected chi connectivity index (χ1v) is 4.55. The summed E-state index contributed by atoms with van der Waals surface area (Å²) in [6, 6.07) is 0. The third-order valence-corrected chi connectivity index (χ3v) is 1.70. The average Bonchev–Trinajstić information content (AvgIpc) is 1.89. The molecule has 1 unspecified atom stereocenters. The first-order chi connectivity index (χ1) is 4.72. The maximum Gasteiger partial charge on any atom is -0.00163 e. The van der Waals surface area contributed by atoms with Gasteiger partial charge in [-0.1, -0.05) is 54.3 Å². The smallest absolute Gasteiger partial charge is 0.00163 e. The molecule has 0 fully saturated rings. The molecule has 0 aliphatic carbocycles. The van der Waals surface area contributed by atoms with Crippen molar-refractivity contribution in [2.24, 2.45) is 5.92 Å². The molecule has 0 radical (unpaired) electrons. The van der Waals surface area contributed by atoms with Crippen LogP contribution < -0.4 is 0 Å². The van der Waals surface area contributed by atoms with Gasteiger partial charge in [0.1, 0.15) is 0 Å². The zero-order valence-electron chi connectivity index (χ0n) is 6.47. The summed E-state index contributed by atoms with van der Waals surface area (Å²) in [5, 5.41) is 0. The van der Waals surface area contributed by atoms with Crippen LogP contribution in [0, 0.1) is 5.92 Å². The molecule has 1 heteroatoms. The summed E-state index contributed by atoms with van der Waals surface area (Å²) >= 11 is 2.20. The average molecular weight is 248 g/mol. The molecule has 1 atom stereocenters. The van der Waals surface area contributed by atoms with Crippen LogP contribution in [-0.2, 0) is 0 Å². The van der Waals surface area contributed by atoms with Crippen LogP contribution in [0.15, 0.2) is 34.5 Å². The molecule has 0 aliphatic heterocycles. The second-order valence-electron chi connectivity index (χ2n) is 2.18. The van der Waals surface area contributed by atoms with Crippen molar-refractivity contribution < 1.29 is 0 Å². The van der Waals surface area contributed by atoms with Gasteiger partial charge in [-0.05, 0) is 22.5 Å². The van der Waals surface area contributed by atoms with Gasteiger partial charge in [0.15, 0.2) is 0 Å². The van der Waals surface area contributed by atoms with Gasteiger partial charge < -0.3 is 0 Å². The Balaban J connectivity index is 3.94. The Hall–Kier alpha value is -0.0500. The number of halogens is 1. The fourth-order valence-corrected chi connectivity index (χ4v) is 1.11. The van der Waals surface area contributed by atoms with E-state index in [1.165, 1.54) is 0 Å². The van der Waals surface area contributed by atoms with Crippen LogP contribution in [0.25, 0.3) is 0 Å². The molecule has 0 nitrogen and oxygen atoms in total. The van der Waals surface area contributed by atoms with Crippen LogP contribution in [0.2, 0.25) is 0 Å². The fraction of sp³-hybridized carbons (Fsp3) is 0.333. The van der Waals surface area contributed by atoms with Gasteiger partial charge in [0.2, 0.25) is 0 Å². The van der Waals surface area contributed by atoms with Crippen molar-refractivity contribution in [3.05, 3.63) is 34.5 Å². The summed E-state index contributed by atoms with van der Waals surface area (Å²) in [6.45, 7) is 8.08. The minimum Gasteiger partial charge on any atom is -0.0952 e. The van der Waals surface area contributed by atoms with Crippen LogP contribution >= 0.6 is 22.6 Å². The lowest BCUT2D eigenvalue weighted by atomic mass is 10.0. The quantitative estimate of drug-likeness (QED) is 0.406. The molecule has 0 bridgehead atoms. The second kappa shape index (κ2) is 5.71. The predicted molar refractivity (Wildman–Crippen MR) is 56.3 cm³/mol. The molecule has 0 aromatic rings. The highest BCUT2D eigenvalue weighted by Crippen LogP contribution is 2.11. The van der Waals surface area contributed by atoms with Crippen LogP contribution in [0.5, 0.6) is 0 Å². The number of rotatable bonds is 3. The maximum absolute atomic E-state index is 3.92. The molecule has 0 aromatic heterocycles. The Labute approximate surface area is 76.9 Å². The minimum absolute atomic E-state index is 0.469. The molecular formula is C9H13I. The summed E-state index contributed by atoms with van der Waals surface area (Å²) in [5.74, 6) is 0.469. The van der Waals surface area contributed by atoms with E-state index >= 15 is 0 Å². The van der Waals surface area contributed by atoms with E-state index in [2.05, 4.69) is 48.2 Å². The zero-order valence-corrected chi connectivity index (χ0v) is 8.63. The molecule has 0 heterocycles. The standard InChI is InChI=1S/C9H13I/c1-4-5-8(2)9(3)6-7-10/h4-8H,3H2,1-2H3/b5-4+,7-6-. The Bertz CT molecular complexity index is 154. The third kappa shape index (κ3) is 3.88. The van der Waals surface area contributed by atoms with Crippen LogP contribution in [0.1, 0.15) is 13.8 Å². The lowest BCUT2D eigenvalue weighted by Crippen LogP contribution is -1.89. The third-order valence-electron chi connectivity index (χ3n) is 1.34. The molecule has 0 saturated heterocycles. The highest BCUT2D eigenvalue weighted by molar-refractivity contribution is 14.1. The maximum atomic E-state index is 3.92. The predicted octanol–water partition coefficient (Wildman–Crippen LogP) is 3.70. The van der Waals surface area contributed by atoms with Crippen LogP contribution in [0.3, 0.4) is 0 Å². The van der Waals surface area contributed by atoms with E-state index in [1.54, 1.807) is 0 Å². The topological polar surface area (TPSA) is 0 Å². The largest absolute Gasteiger partial charge is 0.0952 e. The normalized spacial score (nSPS) is 14.7. The van der Waals surface area contributed by atoms with E-state index in [0.717, 1.165) is 5.57 Å². The molecular weight excluding hydrogens is 235 g/mol. The van der Waals surface area contributed by atoms with E-state index in [9.17, 15) is 0 Å². The molecule has 0 N–H and O–H groups in total. The van der Waals surface area contributed by atoms with Crippen molar-refractivity contribution in [1.29, 1.82) is 0 Å². The van der Waals surface area contributed by atoms with Gasteiger partial charge in [0, 0.05) is 0 Å². The Morgan fingerprint density at radius 2 is 2.20 bits per heavy atom. The van der Waals surface area contributed by atoms with E-state index in [-0.39, 0.29) is 0 Å². The molecule has 0 spiro atoms. The van der Waals surface area contributed by atoms with Gasteiger partial charge in [-0.3, -0.25) is 0 Å². The van der Waals surface area contributed by atoms with Crippen LogP contribution in [0.4, 0.5) is 0 Å². The van der Waals surface area contributed by atoms with Crippen molar-refractivity contribution in [1.82, 2.24) is 0 Å². The molecule has 0 saturated carbocycles. The fourth-order valence-electron chi connectivity index (χ4n) is 0.645. The van der Waals surface area contributed by atoms with Gasteiger partial charge in [-0.15, -0.1) is 0 Å². The van der Waals surface area contributed by atoms with Crippen molar-refractivity contribution in [3.8, 4) is 0 Å². The molecule has 56 valence electrons. The van der Waals surface area contributed by atoms with Crippen molar-refractivity contribution in [2.75, 3.05) is 0 Å². The van der Waals surface area contributed by atoms with Gasteiger partial charge in [0.05, 0.1) is 0 Å². The summed E-state index contributed by atoms with van der Waals surface area (Å²) in [6.07, 6.45) is 6.22. The first-order valence-electron chi connectivity index (χ1n) is 3.30. The van der Waals surface area contributed by atoms with Gasteiger partial charge in [-0.25, -0.2) is 0 Å². The number of hydrogen-bond donors (Lipinski definition) is 0. The molecule has 0 amide bonds. The highest BCUT2D eigenvalue weighted by atomic mass is 127. The Morgan fingerprint density at radius 3 is 2.60 bits per heavy atom. The van der Waals surface area contributed by atoms with E-state index < -0.39 is 0 Å². The second-order valence-corrected chi connectivity index (χ2v) is 2.90. The number of allylic oxidation sites excluding steroid dienone is 4. The zero-order chi connectivity index (χ0) is 7.98. The first kappa shape index (κ1) is 9.95. The minimum atomic E-state index is 0.469. The molecule has 10 heavy (non-hydrogen) atoms. The Kier molecular flexibility index (Phi) is 5.69. The summed E-state index contributed by atoms with van der Waals surface area (Å²) in [5.41, 5.74) is 1.16. The van der Waals surface area contributed by atoms with E-state index in [4.69, 9.17) is 0 Å². The molecule has 0 aliphatic rings. The molecule has 0 rings (SSSR count). The van der Waals surface area contributed by atoms with E-state index in [1.807, 2.05) is 17.1 Å². The lowest BCUT2D eigenvalue weighted by Gasteiger charge is -2.03.